The summed E-state index contributed by atoms with van der Waals surface area (Å²) in [6.45, 7) is 5.71. The van der Waals surface area contributed by atoms with Crippen molar-refractivity contribution < 1.29 is 14.6 Å². The van der Waals surface area contributed by atoms with E-state index in [1.165, 1.54) is 0 Å². The third kappa shape index (κ3) is 33.3. The number of nitrogens with one attached hydrogen (secondary N) is 1. The first kappa shape index (κ1) is 17.7. The number of rotatable bonds is 4. The van der Waals surface area contributed by atoms with Gasteiger partial charge in [-0.25, -0.2) is 0 Å². The van der Waals surface area contributed by atoms with Gasteiger partial charge in [0.05, 0.1) is 6.54 Å². The molecule has 12 heavy (non-hydrogen) atoms. The predicted octanol–water partition coefficient (Wildman–Crippen LogP) is 0.755. The molecule has 0 spiro atoms. The number of carboxylic acids is 1. The minimum Gasteiger partial charge on any atom is -0.480 e. The van der Waals surface area contributed by atoms with Crippen LogP contribution in [0.3, 0.4) is 0 Å². The van der Waals surface area contributed by atoms with Crippen LogP contribution in [-0.2, 0) is 9.53 Å². The van der Waals surface area contributed by atoms with Gasteiger partial charge in [-0.15, -0.1) is 12.4 Å². The Hall–Kier alpha value is -0.320. The Morgan fingerprint density at radius 2 is 1.83 bits per heavy atom. The summed E-state index contributed by atoms with van der Waals surface area (Å²) in [5.41, 5.74) is 0. The fraction of sp³-hybridized carbons (Fsp3) is 0.857. The number of halogens is 1. The van der Waals surface area contributed by atoms with Gasteiger partial charge in [0.1, 0.15) is 0 Å². The van der Waals surface area contributed by atoms with E-state index in [-0.39, 0.29) is 19.0 Å². The van der Waals surface area contributed by atoms with Crippen LogP contribution in [0.5, 0.6) is 0 Å². The summed E-state index contributed by atoms with van der Waals surface area (Å²) >= 11 is 0. The molecule has 0 aromatic carbocycles. The van der Waals surface area contributed by atoms with Crippen LogP contribution < -0.4 is 5.32 Å². The average molecular weight is 200 g/mol. The van der Waals surface area contributed by atoms with E-state index >= 15 is 0 Å². The van der Waals surface area contributed by atoms with Gasteiger partial charge in [-0.1, -0.05) is 0 Å². The van der Waals surface area contributed by atoms with E-state index in [0.29, 0.717) is 0 Å². The third-order valence-electron chi connectivity index (χ3n) is 0.736. The lowest BCUT2D eigenvalue weighted by Gasteiger charge is -1.86. The van der Waals surface area contributed by atoms with Crippen LogP contribution in [0, 0.1) is 0 Å². The van der Waals surface area contributed by atoms with Crippen LogP contribution in [0.2, 0.25) is 0 Å². The first-order valence-electron chi connectivity index (χ1n) is 3.63. The molecule has 0 aromatic rings. The van der Waals surface area contributed by atoms with Crippen LogP contribution in [0.1, 0.15) is 13.8 Å². The number of carbonyl (C=O) groups is 1. The third-order valence-corrected chi connectivity index (χ3v) is 0.736. The van der Waals surface area contributed by atoms with Crippen molar-refractivity contribution in [1.82, 2.24) is 5.32 Å². The van der Waals surface area contributed by atoms with Crippen molar-refractivity contribution in [3.8, 4) is 0 Å². The van der Waals surface area contributed by atoms with Gasteiger partial charge in [0.25, 0.3) is 0 Å². The Labute approximate surface area is 79.7 Å². The lowest BCUT2D eigenvalue weighted by Crippen LogP contribution is -2.16. The summed E-state index contributed by atoms with van der Waals surface area (Å²) in [7, 11) is 1.59. The Kier molecular flexibility index (Phi) is 25.0. The van der Waals surface area contributed by atoms with E-state index in [1.807, 2.05) is 13.8 Å². The number of carboxylic acid groups (broad SMARTS) is 1. The highest BCUT2D eigenvalue weighted by Crippen LogP contribution is 1.64. The van der Waals surface area contributed by atoms with Gasteiger partial charge in [0.2, 0.25) is 0 Å². The molecule has 0 rings (SSSR count). The van der Waals surface area contributed by atoms with Crippen LogP contribution in [0.15, 0.2) is 0 Å². The molecule has 5 heteroatoms. The Bertz CT molecular complexity index is 88.7. The molecule has 0 atom stereocenters. The molecule has 0 unspecified atom stereocenters. The zero-order valence-corrected chi connectivity index (χ0v) is 8.61. The van der Waals surface area contributed by atoms with E-state index in [2.05, 4.69) is 5.32 Å². The van der Waals surface area contributed by atoms with Crippen molar-refractivity contribution in [2.45, 2.75) is 13.8 Å². The SMILES string of the molecule is CCOCC.CNCC(=O)O.Cl. The van der Waals surface area contributed by atoms with Crippen LogP contribution in [0.4, 0.5) is 0 Å². The highest BCUT2D eigenvalue weighted by atomic mass is 35.5. The monoisotopic (exact) mass is 199 g/mol. The second-order valence-electron chi connectivity index (χ2n) is 1.71. The molecular weight excluding hydrogens is 182 g/mol. The van der Waals surface area contributed by atoms with Crippen molar-refractivity contribution in [2.24, 2.45) is 0 Å². The van der Waals surface area contributed by atoms with Gasteiger partial charge >= 0.3 is 5.97 Å². The Morgan fingerprint density at radius 1 is 1.42 bits per heavy atom. The number of aliphatic carboxylic acids is 1. The second-order valence-corrected chi connectivity index (χ2v) is 1.71. The van der Waals surface area contributed by atoms with Gasteiger partial charge in [-0.3, -0.25) is 4.79 Å². The minimum absolute atomic E-state index is 0. The summed E-state index contributed by atoms with van der Waals surface area (Å²) in [6.07, 6.45) is 0. The molecule has 0 aliphatic heterocycles. The van der Waals surface area contributed by atoms with Gasteiger partial charge in [-0.05, 0) is 20.9 Å². The Morgan fingerprint density at radius 3 is 1.83 bits per heavy atom. The maximum Gasteiger partial charge on any atom is 0.317 e. The molecule has 0 aliphatic carbocycles. The van der Waals surface area contributed by atoms with Crippen molar-refractivity contribution in [1.29, 1.82) is 0 Å². The van der Waals surface area contributed by atoms with E-state index in [0.717, 1.165) is 13.2 Å². The zero-order valence-electron chi connectivity index (χ0n) is 7.79. The molecule has 4 nitrogen and oxygen atoms in total. The molecule has 0 aliphatic rings. The maximum atomic E-state index is 9.54. The van der Waals surface area contributed by atoms with Gasteiger partial charge in [0.15, 0.2) is 0 Å². The normalized spacial score (nSPS) is 7.58. The summed E-state index contributed by atoms with van der Waals surface area (Å²) in [5, 5.41) is 10.3. The molecule has 0 aromatic heterocycles. The van der Waals surface area contributed by atoms with Gasteiger partial charge < -0.3 is 15.2 Å². The summed E-state index contributed by atoms with van der Waals surface area (Å²) < 4.78 is 4.83. The first-order valence-corrected chi connectivity index (χ1v) is 3.63. The molecule has 0 saturated carbocycles. The van der Waals surface area contributed by atoms with Crippen molar-refractivity contribution in [2.75, 3.05) is 26.8 Å². The fourth-order valence-electron chi connectivity index (χ4n) is 0.355. The highest BCUT2D eigenvalue weighted by Gasteiger charge is 1.86. The quantitative estimate of drug-likeness (QED) is 0.702. The molecule has 0 bridgehead atoms. The highest BCUT2D eigenvalue weighted by molar-refractivity contribution is 5.85. The lowest BCUT2D eigenvalue weighted by atomic mass is 10.7. The van der Waals surface area contributed by atoms with Crippen LogP contribution in [-0.4, -0.2) is 37.9 Å². The van der Waals surface area contributed by atoms with Crippen molar-refractivity contribution in [3.63, 3.8) is 0 Å². The Balaban J connectivity index is -0.000000126. The topological polar surface area (TPSA) is 58.6 Å². The molecule has 0 amide bonds. The molecule has 0 fully saturated rings. The molecule has 0 heterocycles. The molecule has 0 saturated heterocycles. The lowest BCUT2D eigenvalue weighted by molar-refractivity contribution is -0.135. The van der Waals surface area contributed by atoms with E-state index in [1.54, 1.807) is 7.05 Å². The first-order chi connectivity index (χ1) is 5.18. The van der Waals surface area contributed by atoms with Gasteiger partial charge in [0, 0.05) is 13.2 Å². The van der Waals surface area contributed by atoms with E-state index in [9.17, 15) is 4.79 Å². The van der Waals surface area contributed by atoms with Crippen molar-refractivity contribution >= 4 is 18.4 Å². The predicted molar refractivity (Wildman–Crippen MR) is 51.0 cm³/mol. The summed E-state index contributed by atoms with van der Waals surface area (Å²) in [4.78, 5) is 9.54. The number of ether oxygens (including phenoxy) is 1. The summed E-state index contributed by atoms with van der Waals surface area (Å²) in [6, 6.07) is 0. The number of likely N-dealkylation sites (N-methyl/N-ethyl adjacent to an activating group) is 1. The standard InChI is InChI=1S/C4H10O.C3H7NO2.ClH/c1-3-5-4-2;1-4-2-3(5)6;/h3-4H2,1-2H3;4H,2H2,1H3,(H,5,6);1H. The summed E-state index contributed by atoms with van der Waals surface area (Å²) in [5.74, 6) is -0.822. The van der Waals surface area contributed by atoms with E-state index in [4.69, 9.17) is 9.84 Å². The smallest absolute Gasteiger partial charge is 0.317 e. The molecule has 2 N–H and O–H groups in total. The second kappa shape index (κ2) is 17.0. The zero-order chi connectivity index (χ0) is 9.11. The minimum atomic E-state index is -0.822. The number of hydrogen-bond acceptors (Lipinski definition) is 3. The molecule has 76 valence electrons. The molecular formula is C7H18ClNO3. The maximum absolute atomic E-state index is 9.54. The fourth-order valence-corrected chi connectivity index (χ4v) is 0.355. The van der Waals surface area contributed by atoms with Crippen LogP contribution >= 0.6 is 12.4 Å². The van der Waals surface area contributed by atoms with Gasteiger partial charge in [-0.2, -0.15) is 0 Å². The van der Waals surface area contributed by atoms with E-state index < -0.39 is 5.97 Å². The van der Waals surface area contributed by atoms with Crippen molar-refractivity contribution in [3.05, 3.63) is 0 Å². The number of hydrogen-bond donors (Lipinski definition) is 2. The average Bonchev–Trinajstić information content (AvgIpc) is 1.90. The largest absolute Gasteiger partial charge is 0.480 e. The molecule has 0 radical (unpaired) electrons. The van der Waals surface area contributed by atoms with Crippen LogP contribution in [0.25, 0.3) is 0 Å².